The topological polar surface area (TPSA) is 21.3 Å². The number of likely N-dealkylation sites (N-methyl/N-ethyl adjacent to an activating group) is 1. The summed E-state index contributed by atoms with van der Waals surface area (Å²) in [4.78, 5) is 0. The predicted octanol–water partition coefficient (Wildman–Crippen LogP) is 4.77. The van der Waals surface area contributed by atoms with Gasteiger partial charge < -0.3 is 10.1 Å². The second-order valence-electron chi connectivity index (χ2n) is 5.18. The second kappa shape index (κ2) is 7.48. The van der Waals surface area contributed by atoms with Crippen LogP contribution in [0, 0.1) is 6.92 Å². The molecule has 3 heteroatoms. The van der Waals surface area contributed by atoms with Gasteiger partial charge >= 0.3 is 0 Å². The Morgan fingerprint density at radius 3 is 2.52 bits per heavy atom. The Bertz CT molecular complexity index is 571. The molecule has 0 bridgehead atoms. The fourth-order valence-electron chi connectivity index (χ4n) is 2.40. The first-order valence-corrected chi connectivity index (χ1v) is 7.70. The molecule has 2 atom stereocenters. The van der Waals surface area contributed by atoms with Crippen molar-refractivity contribution in [1.29, 1.82) is 0 Å². The van der Waals surface area contributed by atoms with Crippen molar-refractivity contribution in [1.82, 2.24) is 5.32 Å². The number of aryl methyl sites for hydroxylation is 1. The molecule has 2 rings (SSSR count). The molecule has 2 aromatic carbocycles. The van der Waals surface area contributed by atoms with Gasteiger partial charge in [-0.1, -0.05) is 54.9 Å². The van der Waals surface area contributed by atoms with Crippen LogP contribution >= 0.6 is 11.6 Å². The van der Waals surface area contributed by atoms with Gasteiger partial charge in [0.15, 0.2) is 0 Å². The Labute approximate surface area is 132 Å². The molecule has 0 heterocycles. The minimum absolute atomic E-state index is 0.00418. The number of halogens is 1. The summed E-state index contributed by atoms with van der Waals surface area (Å²) in [6.07, 6.45) is 0.00418. The molecule has 0 spiro atoms. The molecule has 2 aromatic rings. The van der Waals surface area contributed by atoms with Crippen LogP contribution in [0.15, 0.2) is 48.5 Å². The van der Waals surface area contributed by atoms with E-state index in [1.807, 2.05) is 31.2 Å². The van der Waals surface area contributed by atoms with Crippen LogP contribution in [-0.2, 0) is 0 Å². The summed E-state index contributed by atoms with van der Waals surface area (Å²) in [5, 5.41) is 4.19. The van der Waals surface area contributed by atoms with E-state index in [-0.39, 0.29) is 12.1 Å². The zero-order chi connectivity index (χ0) is 15.2. The van der Waals surface area contributed by atoms with Gasteiger partial charge in [0, 0.05) is 5.02 Å². The molecule has 0 aromatic heterocycles. The number of hydrogen-bond acceptors (Lipinski definition) is 2. The van der Waals surface area contributed by atoms with Gasteiger partial charge in [-0.2, -0.15) is 0 Å². The van der Waals surface area contributed by atoms with Crippen LogP contribution in [0.25, 0.3) is 0 Å². The number of benzene rings is 2. The standard InChI is InChI=1S/C18H22ClNO/c1-4-20-18(15-8-6-5-7-9-15)14(3)21-17-12-16(19)11-10-13(17)2/h5-12,14,18,20H,4H2,1-3H3. The normalized spacial score (nSPS) is 13.7. The van der Waals surface area contributed by atoms with Crippen molar-refractivity contribution in [3.05, 3.63) is 64.7 Å². The lowest BCUT2D eigenvalue weighted by molar-refractivity contribution is 0.170. The van der Waals surface area contributed by atoms with Crippen LogP contribution < -0.4 is 10.1 Å². The van der Waals surface area contributed by atoms with Crippen LogP contribution in [-0.4, -0.2) is 12.6 Å². The molecular formula is C18H22ClNO. The Morgan fingerprint density at radius 2 is 1.86 bits per heavy atom. The van der Waals surface area contributed by atoms with Crippen LogP contribution in [0.5, 0.6) is 5.75 Å². The maximum absolute atomic E-state index is 6.15. The highest BCUT2D eigenvalue weighted by molar-refractivity contribution is 6.30. The van der Waals surface area contributed by atoms with Crippen molar-refractivity contribution in [2.24, 2.45) is 0 Å². The monoisotopic (exact) mass is 303 g/mol. The van der Waals surface area contributed by atoms with Crippen LogP contribution in [0.2, 0.25) is 5.02 Å². The maximum Gasteiger partial charge on any atom is 0.124 e. The van der Waals surface area contributed by atoms with E-state index in [2.05, 4.69) is 43.4 Å². The van der Waals surface area contributed by atoms with Crippen molar-refractivity contribution >= 4 is 11.6 Å². The molecule has 0 saturated carbocycles. The first-order valence-electron chi connectivity index (χ1n) is 7.33. The molecule has 0 aliphatic carbocycles. The molecule has 0 aliphatic rings. The van der Waals surface area contributed by atoms with Crippen molar-refractivity contribution in [3.63, 3.8) is 0 Å². The van der Waals surface area contributed by atoms with E-state index in [1.54, 1.807) is 0 Å². The number of ether oxygens (including phenoxy) is 1. The van der Waals surface area contributed by atoms with Crippen molar-refractivity contribution in [2.45, 2.75) is 32.9 Å². The first-order chi connectivity index (χ1) is 10.1. The van der Waals surface area contributed by atoms with Crippen LogP contribution in [0.4, 0.5) is 0 Å². The van der Waals surface area contributed by atoms with E-state index in [1.165, 1.54) is 5.56 Å². The predicted molar refractivity (Wildman–Crippen MR) is 89.1 cm³/mol. The van der Waals surface area contributed by atoms with E-state index in [0.717, 1.165) is 17.9 Å². The average Bonchev–Trinajstić information content (AvgIpc) is 2.49. The van der Waals surface area contributed by atoms with Crippen LogP contribution in [0.3, 0.4) is 0 Å². The van der Waals surface area contributed by atoms with Gasteiger partial charge in [0.25, 0.3) is 0 Å². The third-order valence-corrected chi connectivity index (χ3v) is 3.75. The largest absolute Gasteiger partial charge is 0.488 e. The molecule has 2 unspecified atom stereocenters. The summed E-state index contributed by atoms with van der Waals surface area (Å²) in [7, 11) is 0. The minimum Gasteiger partial charge on any atom is -0.488 e. The third-order valence-electron chi connectivity index (χ3n) is 3.52. The Balaban J connectivity index is 2.19. The van der Waals surface area contributed by atoms with Gasteiger partial charge in [-0.05, 0) is 43.7 Å². The van der Waals surface area contributed by atoms with E-state index < -0.39 is 0 Å². The zero-order valence-electron chi connectivity index (χ0n) is 12.8. The minimum atomic E-state index is 0.00418. The Hall–Kier alpha value is -1.51. The van der Waals surface area contributed by atoms with Crippen molar-refractivity contribution in [3.8, 4) is 5.75 Å². The van der Waals surface area contributed by atoms with Crippen molar-refractivity contribution < 1.29 is 4.74 Å². The molecule has 0 radical (unpaired) electrons. The summed E-state index contributed by atoms with van der Waals surface area (Å²) in [5.41, 5.74) is 2.32. The molecule has 0 fully saturated rings. The smallest absolute Gasteiger partial charge is 0.124 e. The first kappa shape index (κ1) is 15.9. The summed E-state index contributed by atoms with van der Waals surface area (Å²) in [6.45, 7) is 7.11. The zero-order valence-corrected chi connectivity index (χ0v) is 13.5. The number of hydrogen-bond donors (Lipinski definition) is 1. The maximum atomic E-state index is 6.15. The quantitative estimate of drug-likeness (QED) is 0.830. The van der Waals surface area contributed by atoms with E-state index in [9.17, 15) is 0 Å². The van der Waals surface area contributed by atoms with Gasteiger partial charge in [0.05, 0.1) is 6.04 Å². The van der Waals surface area contributed by atoms with Gasteiger partial charge in [-0.15, -0.1) is 0 Å². The highest BCUT2D eigenvalue weighted by Gasteiger charge is 2.20. The lowest BCUT2D eigenvalue weighted by Crippen LogP contribution is -2.33. The van der Waals surface area contributed by atoms with Gasteiger partial charge in [-0.3, -0.25) is 0 Å². The van der Waals surface area contributed by atoms with E-state index in [0.29, 0.717) is 5.02 Å². The molecule has 1 N–H and O–H groups in total. The molecule has 112 valence electrons. The summed E-state index contributed by atoms with van der Waals surface area (Å²) < 4.78 is 6.15. The lowest BCUT2D eigenvalue weighted by atomic mass is 10.0. The van der Waals surface area contributed by atoms with Gasteiger partial charge in [0.1, 0.15) is 11.9 Å². The Kier molecular flexibility index (Phi) is 5.66. The number of rotatable bonds is 6. The fraction of sp³-hybridized carbons (Fsp3) is 0.333. The highest BCUT2D eigenvalue weighted by atomic mass is 35.5. The second-order valence-corrected chi connectivity index (χ2v) is 5.62. The SMILES string of the molecule is CCNC(c1ccccc1)C(C)Oc1cc(Cl)ccc1C. The molecular weight excluding hydrogens is 282 g/mol. The lowest BCUT2D eigenvalue weighted by Gasteiger charge is -2.27. The fourth-order valence-corrected chi connectivity index (χ4v) is 2.57. The number of nitrogens with one attached hydrogen (secondary N) is 1. The van der Waals surface area contributed by atoms with Crippen LogP contribution in [0.1, 0.15) is 31.0 Å². The van der Waals surface area contributed by atoms with Gasteiger partial charge in [0.2, 0.25) is 0 Å². The summed E-state index contributed by atoms with van der Waals surface area (Å²) in [6, 6.07) is 16.3. The highest BCUT2D eigenvalue weighted by Crippen LogP contribution is 2.27. The molecule has 0 saturated heterocycles. The van der Waals surface area contributed by atoms with Gasteiger partial charge in [-0.25, -0.2) is 0 Å². The average molecular weight is 304 g/mol. The third kappa shape index (κ3) is 4.23. The molecule has 0 amide bonds. The van der Waals surface area contributed by atoms with E-state index in [4.69, 9.17) is 16.3 Å². The molecule has 21 heavy (non-hydrogen) atoms. The van der Waals surface area contributed by atoms with Crippen molar-refractivity contribution in [2.75, 3.05) is 6.54 Å². The molecule has 0 aliphatic heterocycles. The molecule has 2 nitrogen and oxygen atoms in total. The summed E-state index contributed by atoms with van der Waals surface area (Å²) in [5.74, 6) is 0.842. The van der Waals surface area contributed by atoms with E-state index >= 15 is 0 Å². The summed E-state index contributed by atoms with van der Waals surface area (Å²) >= 11 is 6.06. The Morgan fingerprint density at radius 1 is 1.14 bits per heavy atom.